The molecule has 1 unspecified atom stereocenters. The summed E-state index contributed by atoms with van der Waals surface area (Å²) in [5, 5.41) is 12.4. The molecule has 3 heterocycles. The maximum absolute atomic E-state index is 4.55. The Hall–Kier alpha value is -1.68. The first-order valence-electron chi connectivity index (χ1n) is 11.5. The van der Waals surface area contributed by atoms with E-state index in [0.717, 1.165) is 63.2 Å². The van der Waals surface area contributed by atoms with Crippen molar-refractivity contribution in [3.8, 4) is 0 Å². The average molecular weight is 537 g/mol. The number of guanidine groups is 1. The van der Waals surface area contributed by atoms with Crippen LogP contribution in [0, 0.1) is 0 Å². The molecule has 170 valence electrons. The van der Waals surface area contributed by atoms with Gasteiger partial charge in [-0.3, -0.25) is 9.89 Å². The Balaban J connectivity index is 0.00000272. The third-order valence-electron chi connectivity index (χ3n) is 6.43. The van der Waals surface area contributed by atoms with Gasteiger partial charge in [-0.25, -0.2) is 0 Å². The molecule has 1 fully saturated rings. The van der Waals surface area contributed by atoms with E-state index in [4.69, 9.17) is 0 Å². The van der Waals surface area contributed by atoms with Crippen molar-refractivity contribution in [2.45, 2.75) is 58.2 Å². The van der Waals surface area contributed by atoms with E-state index in [-0.39, 0.29) is 24.0 Å². The van der Waals surface area contributed by atoms with Crippen LogP contribution in [0.2, 0.25) is 0 Å². The zero-order valence-electron chi connectivity index (χ0n) is 18.8. The highest BCUT2D eigenvalue weighted by Gasteiger charge is 2.25. The molecule has 4 rings (SSSR count). The Labute approximate surface area is 203 Å². The Morgan fingerprint density at radius 1 is 1.03 bits per heavy atom. The summed E-state index contributed by atoms with van der Waals surface area (Å²) < 4.78 is 2.30. The lowest BCUT2D eigenvalue weighted by atomic mass is 10.0. The zero-order valence-corrected chi connectivity index (χ0v) is 21.2. The summed E-state index contributed by atoms with van der Waals surface area (Å²) in [4.78, 5) is 9.52. The van der Waals surface area contributed by atoms with E-state index in [2.05, 4.69) is 72.1 Å². The number of fused-ring (bicyclic) bond motifs is 1. The van der Waals surface area contributed by atoms with Gasteiger partial charge < -0.3 is 14.8 Å². The molecule has 31 heavy (non-hydrogen) atoms. The minimum Gasteiger partial charge on any atom is -0.349 e. The Kier molecular flexibility index (Phi) is 9.13. The van der Waals surface area contributed by atoms with Crippen molar-refractivity contribution in [1.82, 2.24) is 29.9 Å². The van der Waals surface area contributed by atoms with Crippen LogP contribution in [0.15, 0.2) is 35.3 Å². The van der Waals surface area contributed by atoms with Crippen molar-refractivity contribution in [2.24, 2.45) is 4.99 Å². The largest absolute Gasteiger partial charge is 0.349 e. The van der Waals surface area contributed by atoms with Crippen LogP contribution in [0.3, 0.4) is 0 Å². The molecule has 1 N–H and O–H groups in total. The molecule has 0 aliphatic carbocycles. The number of hydrogen-bond acceptors (Lipinski definition) is 4. The molecule has 0 bridgehead atoms. The summed E-state index contributed by atoms with van der Waals surface area (Å²) in [6.07, 6.45) is 5.90. The Morgan fingerprint density at radius 3 is 2.52 bits per heavy atom. The molecule has 2 aliphatic rings. The Bertz CT molecular complexity index is 828. The first-order valence-corrected chi connectivity index (χ1v) is 11.5. The van der Waals surface area contributed by atoms with Crippen LogP contribution >= 0.6 is 24.0 Å². The highest BCUT2D eigenvalue weighted by molar-refractivity contribution is 14.0. The van der Waals surface area contributed by atoms with Crippen molar-refractivity contribution >= 4 is 29.9 Å². The monoisotopic (exact) mass is 537 g/mol. The molecule has 1 atom stereocenters. The molecule has 2 aliphatic heterocycles. The van der Waals surface area contributed by atoms with E-state index >= 15 is 0 Å². The number of piperazine rings is 1. The fraction of sp³-hybridized carbons (Fsp3) is 0.609. The summed E-state index contributed by atoms with van der Waals surface area (Å²) in [5.74, 6) is 3.13. The van der Waals surface area contributed by atoms with Crippen LogP contribution in [0.4, 0.5) is 0 Å². The maximum Gasteiger partial charge on any atom is 0.194 e. The van der Waals surface area contributed by atoms with E-state index < -0.39 is 0 Å². The van der Waals surface area contributed by atoms with Gasteiger partial charge in [0.05, 0.1) is 6.54 Å². The summed E-state index contributed by atoms with van der Waals surface area (Å²) in [6, 6.07) is 11.4. The highest BCUT2D eigenvalue weighted by Crippen LogP contribution is 2.25. The third-order valence-corrected chi connectivity index (χ3v) is 6.43. The Morgan fingerprint density at radius 2 is 1.81 bits per heavy atom. The molecule has 0 amide bonds. The van der Waals surface area contributed by atoms with Crippen molar-refractivity contribution in [3.63, 3.8) is 0 Å². The van der Waals surface area contributed by atoms with Crippen LogP contribution in [0.1, 0.15) is 55.9 Å². The lowest BCUT2D eigenvalue weighted by Crippen LogP contribution is -2.53. The summed E-state index contributed by atoms with van der Waals surface area (Å²) in [6.45, 7) is 8.08. The molecule has 0 saturated carbocycles. The second-order valence-corrected chi connectivity index (χ2v) is 8.25. The number of aromatic nitrogens is 3. The molecular weight excluding hydrogens is 501 g/mol. The number of benzene rings is 1. The fourth-order valence-corrected chi connectivity index (χ4v) is 4.79. The van der Waals surface area contributed by atoms with Crippen molar-refractivity contribution in [2.75, 3.05) is 33.2 Å². The van der Waals surface area contributed by atoms with E-state index in [1.807, 2.05) is 7.05 Å². The van der Waals surface area contributed by atoms with Crippen LogP contribution in [-0.4, -0.2) is 63.8 Å². The van der Waals surface area contributed by atoms with Gasteiger partial charge in [0.1, 0.15) is 5.82 Å². The van der Waals surface area contributed by atoms with Crippen LogP contribution in [0.25, 0.3) is 0 Å². The number of aryl methyl sites for hydroxylation is 1. The lowest BCUT2D eigenvalue weighted by molar-refractivity contribution is 0.127. The molecule has 7 nitrogen and oxygen atoms in total. The predicted molar refractivity (Wildman–Crippen MR) is 136 cm³/mol. The molecule has 1 saturated heterocycles. The molecule has 0 radical (unpaired) electrons. The van der Waals surface area contributed by atoms with Crippen molar-refractivity contribution in [3.05, 3.63) is 47.5 Å². The average Bonchev–Trinajstić information content (AvgIpc) is 3.02. The number of aliphatic imine (C=N–C) groups is 1. The number of halogens is 1. The molecular formula is C23H36IN7. The van der Waals surface area contributed by atoms with E-state index in [0.29, 0.717) is 12.6 Å². The number of nitrogens with zero attached hydrogens (tertiary/aromatic N) is 6. The fourth-order valence-electron chi connectivity index (χ4n) is 4.79. The van der Waals surface area contributed by atoms with Crippen LogP contribution in [-0.2, 0) is 19.5 Å². The number of nitrogens with one attached hydrogen (secondary N) is 1. The molecule has 2 aromatic rings. The number of hydrogen-bond donors (Lipinski definition) is 1. The SMILES string of the molecule is CCC(c1ccccc1)N1CCN(C(=NC)NCc2nnc3n2CCCCC3)CC1.I. The lowest BCUT2D eigenvalue weighted by Gasteiger charge is -2.40. The van der Waals surface area contributed by atoms with Gasteiger partial charge in [0.15, 0.2) is 11.8 Å². The molecule has 0 spiro atoms. The van der Waals surface area contributed by atoms with E-state index in [1.54, 1.807) is 0 Å². The standard InChI is InChI=1S/C23H35N7.HI/c1-3-20(19-10-6-4-7-11-19)28-14-16-29(17-15-28)23(24-2)25-18-22-27-26-21-12-8-5-9-13-30(21)22;/h4,6-7,10-11,20H,3,5,8-9,12-18H2,1-2H3,(H,24,25);1H. The van der Waals surface area contributed by atoms with Crippen molar-refractivity contribution < 1.29 is 0 Å². The first kappa shape index (κ1) is 24.0. The van der Waals surface area contributed by atoms with Crippen LogP contribution < -0.4 is 5.32 Å². The molecule has 8 heteroatoms. The summed E-state index contributed by atoms with van der Waals surface area (Å²) >= 11 is 0. The number of rotatable bonds is 5. The van der Waals surface area contributed by atoms with Gasteiger partial charge in [-0.2, -0.15) is 0 Å². The third kappa shape index (κ3) is 5.77. The van der Waals surface area contributed by atoms with Gasteiger partial charge in [0.25, 0.3) is 0 Å². The minimum atomic E-state index is 0. The van der Waals surface area contributed by atoms with E-state index in [1.165, 1.54) is 24.8 Å². The second-order valence-electron chi connectivity index (χ2n) is 8.25. The quantitative estimate of drug-likeness (QED) is 0.360. The van der Waals surface area contributed by atoms with Gasteiger partial charge in [-0.05, 0) is 24.8 Å². The van der Waals surface area contributed by atoms with Gasteiger partial charge in [-0.15, -0.1) is 34.2 Å². The smallest absolute Gasteiger partial charge is 0.194 e. The first-order chi connectivity index (χ1) is 14.8. The van der Waals surface area contributed by atoms with Gasteiger partial charge in [0.2, 0.25) is 0 Å². The maximum atomic E-state index is 4.55. The summed E-state index contributed by atoms with van der Waals surface area (Å²) in [5.41, 5.74) is 1.42. The molecule has 1 aromatic heterocycles. The van der Waals surface area contributed by atoms with Gasteiger partial charge in [-0.1, -0.05) is 43.7 Å². The zero-order chi connectivity index (χ0) is 20.8. The van der Waals surface area contributed by atoms with E-state index in [9.17, 15) is 0 Å². The highest BCUT2D eigenvalue weighted by atomic mass is 127. The normalized spacial score (nSPS) is 18.6. The van der Waals surface area contributed by atoms with Gasteiger partial charge >= 0.3 is 0 Å². The van der Waals surface area contributed by atoms with Gasteiger partial charge in [0, 0.05) is 52.2 Å². The topological polar surface area (TPSA) is 61.6 Å². The summed E-state index contributed by atoms with van der Waals surface area (Å²) in [7, 11) is 1.87. The van der Waals surface area contributed by atoms with Crippen LogP contribution in [0.5, 0.6) is 0 Å². The minimum absolute atomic E-state index is 0. The predicted octanol–water partition coefficient (Wildman–Crippen LogP) is 3.47. The molecule has 1 aromatic carbocycles. The van der Waals surface area contributed by atoms with Crippen molar-refractivity contribution in [1.29, 1.82) is 0 Å². The second kappa shape index (κ2) is 11.8.